The van der Waals surface area contributed by atoms with E-state index < -0.39 is 8.32 Å². The van der Waals surface area contributed by atoms with E-state index in [1.807, 2.05) is 6.08 Å². The molecule has 3 rings (SSSR count). The van der Waals surface area contributed by atoms with Gasteiger partial charge >= 0.3 is 0 Å². The van der Waals surface area contributed by atoms with E-state index in [2.05, 4.69) is 129 Å². The summed E-state index contributed by atoms with van der Waals surface area (Å²) in [6.07, 6.45) is 6.25. The van der Waals surface area contributed by atoms with Crippen molar-refractivity contribution in [2.45, 2.75) is 86.3 Å². The molecule has 1 N–H and O–H groups in total. The summed E-state index contributed by atoms with van der Waals surface area (Å²) in [6, 6.07) is 22.0. The van der Waals surface area contributed by atoms with Gasteiger partial charge in [0.05, 0.1) is 6.10 Å². The summed E-state index contributed by atoms with van der Waals surface area (Å²) in [6.45, 7) is 21.7. The van der Waals surface area contributed by atoms with Gasteiger partial charge in [-0.3, -0.25) is 0 Å². The van der Waals surface area contributed by atoms with Gasteiger partial charge in [-0.25, -0.2) is 0 Å². The molecule has 0 aliphatic heterocycles. The second kappa shape index (κ2) is 11.0. The van der Waals surface area contributed by atoms with Gasteiger partial charge in [0.1, 0.15) is 0 Å². The molecule has 36 heavy (non-hydrogen) atoms. The quantitative estimate of drug-likeness (QED) is 0.287. The van der Waals surface area contributed by atoms with Crippen LogP contribution >= 0.6 is 0 Å². The number of allylic oxidation sites excluding steroid dienone is 1. The lowest BCUT2D eigenvalue weighted by Gasteiger charge is -2.47. The van der Waals surface area contributed by atoms with E-state index in [0.29, 0.717) is 11.8 Å². The Hall–Kier alpha value is -1.68. The molecule has 198 valence electrons. The molecule has 1 aliphatic carbocycles. The van der Waals surface area contributed by atoms with E-state index >= 15 is 0 Å². The standard InChI is InChI=1S/C33H50O2Si/c1-25(2)30(34)21-20-26(3)33(9)23-22-27(32(33,7)8)24-35-36(31(4,5)6,28-16-12-10-13-17-28)29-18-14-11-15-19-29/h10-21,25-27,30,34H,22-24H2,1-9H3/b21-20+/t26-,27-,30+,33-/m0/s1. The van der Waals surface area contributed by atoms with Crippen LogP contribution in [0, 0.1) is 28.6 Å². The van der Waals surface area contributed by atoms with Crippen molar-refractivity contribution >= 4 is 18.7 Å². The van der Waals surface area contributed by atoms with Crippen LogP contribution in [0.4, 0.5) is 0 Å². The maximum atomic E-state index is 10.3. The molecule has 0 unspecified atom stereocenters. The maximum Gasteiger partial charge on any atom is 0.261 e. The van der Waals surface area contributed by atoms with Gasteiger partial charge in [-0.05, 0) is 56.8 Å². The first-order valence-electron chi connectivity index (χ1n) is 13.9. The number of aliphatic hydroxyl groups is 1. The summed E-state index contributed by atoms with van der Waals surface area (Å²) in [7, 11) is -2.54. The van der Waals surface area contributed by atoms with Crippen molar-refractivity contribution in [2.24, 2.45) is 28.6 Å². The molecule has 2 aromatic carbocycles. The maximum absolute atomic E-state index is 10.3. The van der Waals surface area contributed by atoms with Crippen LogP contribution in [-0.4, -0.2) is 26.1 Å². The minimum absolute atomic E-state index is 0.00916. The fourth-order valence-electron chi connectivity index (χ4n) is 6.43. The average molecular weight is 507 g/mol. The minimum Gasteiger partial charge on any atom is -0.407 e. The van der Waals surface area contributed by atoms with Crippen molar-refractivity contribution in [3.05, 3.63) is 72.8 Å². The van der Waals surface area contributed by atoms with Gasteiger partial charge in [-0.1, -0.05) is 135 Å². The lowest BCUT2D eigenvalue weighted by molar-refractivity contribution is 0.0321. The predicted octanol–water partition coefficient (Wildman–Crippen LogP) is 7.21. The Morgan fingerprint density at radius 3 is 1.86 bits per heavy atom. The molecule has 2 nitrogen and oxygen atoms in total. The van der Waals surface area contributed by atoms with Crippen LogP contribution in [0.3, 0.4) is 0 Å². The fourth-order valence-corrected chi connectivity index (χ4v) is 11.0. The summed E-state index contributed by atoms with van der Waals surface area (Å²) < 4.78 is 7.37. The van der Waals surface area contributed by atoms with Gasteiger partial charge < -0.3 is 9.53 Å². The predicted molar refractivity (Wildman–Crippen MR) is 157 cm³/mol. The second-order valence-corrected chi connectivity index (χ2v) is 17.6. The third-order valence-corrected chi connectivity index (χ3v) is 14.7. The number of benzene rings is 2. The Morgan fingerprint density at radius 2 is 1.42 bits per heavy atom. The van der Waals surface area contributed by atoms with Gasteiger partial charge in [-0.15, -0.1) is 0 Å². The highest BCUT2D eigenvalue weighted by Gasteiger charge is 2.55. The molecule has 0 amide bonds. The van der Waals surface area contributed by atoms with Crippen LogP contribution in [0.15, 0.2) is 72.8 Å². The van der Waals surface area contributed by atoms with E-state index in [-0.39, 0.29) is 27.9 Å². The van der Waals surface area contributed by atoms with Gasteiger partial charge in [0.15, 0.2) is 0 Å². The highest BCUT2D eigenvalue weighted by Crippen LogP contribution is 2.60. The number of aliphatic hydroxyl groups excluding tert-OH is 1. The van der Waals surface area contributed by atoms with Crippen LogP contribution in [-0.2, 0) is 4.43 Å². The van der Waals surface area contributed by atoms with Crippen molar-refractivity contribution in [3.63, 3.8) is 0 Å². The van der Waals surface area contributed by atoms with Crippen LogP contribution in [0.25, 0.3) is 0 Å². The zero-order valence-electron chi connectivity index (χ0n) is 24.2. The minimum atomic E-state index is -2.54. The van der Waals surface area contributed by atoms with E-state index in [9.17, 15) is 5.11 Å². The first-order valence-corrected chi connectivity index (χ1v) is 15.8. The second-order valence-electron chi connectivity index (χ2n) is 13.3. The lowest BCUT2D eigenvalue weighted by atomic mass is 9.60. The Balaban J connectivity index is 1.93. The summed E-state index contributed by atoms with van der Waals surface area (Å²) in [4.78, 5) is 0. The molecule has 0 aromatic heterocycles. The van der Waals surface area contributed by atoms with Crippen molar-refractivity contribution in [1.29, 1.82) is 0 Å². The zero-order chi connectivity index (χ0) is 26.8. The Bertz CT molecular complexity index is 950. The highest BCUT2D eigenvalue weighted by atomic mass is 28.4. The molecule has 2 aromatic rings. The van der Waals surface area contributed by atoms with E-state index in [4.69, 9.17) is 4.43 Å². The highest BCUT2D eigenvalue weighted by molar-refractivity contribution is 6.99. The molecule has 3 heteroatoms. The molecule has 0 spiro atoms. The first-order chi connectivity index (χ1) is 16.8. The average Bonchev–Trinajstić information content (AvgIpc) is 3.07. The van der Waals surface area contributed by atoms with Crippen molar-refractivity contribution in [1.82, 2.24) is 0 Å². The SMILES string of the molecule is CC(C)[C@H](O)/C=C/[C@H](C)[C@]1(C)CC[C@@H](CO[Si](c2ccccc2)(c2ccccc2)C(C)(C)C)C1(C)C. The van der Waals surface area contributed by atoms with E-state index in [1.165, 1.54) is 23.2 Å². The molecule has 4 atom stereocenters. The Kier molecular flexibility index (Phi) is 8.80. The first kappa shape index (κ1) is 28.9. The molecular formula is C33H50O2Si. The third-order valence-electron chi connectivity index (χ3n) is 9.71. The molecule has 1 saturated carbocycles. The normalized spacial score (nSPS) is 24.4. The van der Waals surface area contributed by atoms with Crippen molar-refractivity contribution in [3.8, 4) is 0 Å². The lowest BCUT2D eigenvalue weighted by Crippen LogP contribution is -2.67. The number of hydrogen-bond acceptors (Lipinski definition) is 2. The van der Waals surface area contributed by atoms with Crippen LogP contribution in [0.1, 0.15) is 75.2 Å². The Morgan fingerprint density at radius 1 is 0.917 bits per heavy atom. The molecule has 0 radical (unpaired) electrons. The van der Waals surface area contributed by atoms with E-state index in [1.54, 1.807) is 0 Å². The van der Waals surface area contributed by atoms with Gasteiger partial charge in [0, 0.05) is 6.61 Å². The van der Waals surface area contributed by atoms with Crippen LogP contribution < -0.4 is 10.4 Å². The molecule has 0 saturated heterocycles. The number of rotatable bonds is 9. The van der Waals surface area contributed by atoms with Gasteiger partial charge in [0.25, 0.3) is 8.32 Å². The molecule has 1 fully saturated rings. The molecule has 1 aliphatic rings. The van der Waals surface area contributed by atoms with Crippen molar-refractivity contribution in [2.75, 3.05) is 6.61 Å². The summed E-state index contributed by atoms with van der Waals surface area (Å²) in [5, 5.41) is 13.0. The van der Waals surface area contributed by atoms with Crippen molar-refractivity contribution < 1.29 is 9.53 Å². The number of hydrogen-bond donors (Lipinski definition) is 1. The molecule has 0 heterocycles. The summed E-state index contributed by atoms with van der Waals surface area (Å²) in [5.74, 6) is 1.11. The van der Waals surface area contributed by atoms with Gasteiger partial charge in [0.2, 0.25) is 0 Å². The largest absolute Gasteiger partial charge is 0.407 e. The smallest absolute Gasteiger partial charge is 0.261 e. The summed E-state index contributed by atoms with van der Waals surface area (Å²) in [5.41, 5.74) is 0.268. The third kappa shape index (κ3) is 5.30. The molecular weight excluding hydrogens is 456 g/mol. The fraction of sp³-hybridized carbons (Fsp3) is 0.576. The topological polar surface area (TPSA) is 29.5 Å². The summed E-state index contributed by atoms with van der Waals surface area (Å²) >= 11 is 0. The van der Waals surface area contributed by atoms with Crippen LogP contribution in [0.2, 0.25) is 5.04 Å². The van der Waals surface area contributed by atoms with Crippen LogP contribution in [0.5, 0.6) is 0 Å². The zero-order valence-corrected chi connectivity index (χ0v) is 25.2. The van der Waals surface area contributed by atoms with Gasteiger partial charge in [-0.2, -0.15) is 0 Å². The van der Waals surface area contributed by atoms with E-state index in [0.717, 1.165) is 6.61 Å². The Labute approximate surface area is 222 Å². The molecule has 0 bridgehead atoms. The monoisotopic (exact) mass is 506 g/mol.